The van der Waals surface area contributed by atoms with Crippen molar-refractivity contribution in [2.24, 2.45) is 11.1 Å². The van der Waals surface area contributed by atoms with Gasteiger partial charge in [0, 0.05) is 24.0 Å². The average Bonchev–Trinajstić information content (AvgIpc) is 1.94. The van der Waals surface area contributed by atoms with Crippen LogP contribution in [0.25, 0.3) is 0 Å². The molecule has 78 valence electrons. The van der Waals surface area contributed by atoms with E-state index in [4.69, 9.17) is 10.5 Å². The van der Waals surface area contributed by atoms with Crippen molar-refractivity contribution >= 4 is 0 Å². The van der Waals surface area contributed by atoms with E-state index >= 15 is 0 Å². The summed E-state index contributed by atoms with van der Waals surface area (Å²) in [4.78, 5) is 2.35. The molecule has 1 saturated heterocycles. The topological polar surface area (TPSA) is 38.5 Å². The smallest absolute Gasteiger partial charge is 0.0569 e. The van der Waals surface area contributed by atoms with Gasteiger partial charge >= 0.3 is 0 Å². The SMILES string of the molecule is CN(CC1(CN)COC1)C(C)(C)C. The summed E-state index contributed by atoms with van der Waals surface area (Å²) in [5.41, 5.74) is 6.20. The van der Waals surface area contributed by atoms with Crippen molar-refractivity contribution in [1.82, 2.24) is 4.90 Å². The summed E-state index contributed by atoms with van der Waals surface area (Å²) in [6.07, 6.45) is 0. The Kier molecular flexibility index (Phi) is 3.00. The molecule has 0 radical (unpaired) electrons. The third-order valence-corrected chi connectivity index (χ3v) is 2.97. The van der Waals surface area contributed by atoms with Gasteiger partial charge in [0.2, 0.25) is 0 Å². The van der Waals surface area contributed by atoms with Crippen LogP contribution in [-0.2, 0) is 4.74 Å². The Morgan fingerprint density at radius 2 is 1.92 bits per heavy atom. The van der Waals surface area contributed by atoms with Gasteiger partial charge in [-0.25, -0.2) is 0 Å². The predicted octanol–water partition coefficient (Wildman–Crippen LogP) is 0.692. The van der Waals surface area contributed by atoms with E-state index in [1.807, 2.05) is 0 Å². The summed E-state index contributed by atoms with van der Waals surface area (Å²) >= 11 is 0. The molecule has 0 unspecified atom stereocenters. The molecule has 13 heavy (non-hydrogen) atoms. The molecule has 1 fully saturated rings. The summed E-state index contributed by atoms with van der Waals surface area (Å²) in [6.45, 7) is 10.1. The number of hydrogen-bond donors (Lipinski definition) is 1. The van der Waals surface area contributed by atoms with Gasteiger partial charge in [0.25, 0.3) is 0 Å². The van der Waals surface area contributed by atoms with E-state index < -0.39 is 0 Å². The Balaban J connectivity index is 2.47. The molecule has 1 heterocycles. The van der Waals surface area contributed by atoms with Crippen LogP contribution in [0.5, 0.6) is 0 Å². The minimum Gasteiger partial charge on any atom is -0.380 e. The zero-order chi connectivity index (χ0) is 10.1. The zero-order valence-corrected chi connectivity index (χ0v) is 9.26. The fraction of sp³-hybridized carbons (Fsp3) is 1.00. The number of rotatable bonds is 3. The van der Waals surface area contributed by atoms with Gasteiger partial charge in [-0.3, -0.25) is 0 Å². The number of hydrogen-bond acceptors (Lipinski definition) is 3. The zero-order valence-electron chi connectivity index (χ0n) is 9.26. The van der Waals surface area contributed by atoms with Gasteiger partial charge in [0.05, 0.1) is 13.2 Å². The van der Waals surface area contributed by atoms with Gasteiger partial charge in [-0.2, -0.15) is 0 Å². The molecule has 0 aromatic carbocycles. The van der Waals surface area contributed by atoms with E-state index in [-0.39, 0.29) is 11.0 Å². The van der Waals surface area contributed by atoms with Crippen LogP contribution < -0.4 is 5.73 Å². The first-order valence-electron chi connectivity index (χ1n) is 4.89. The molecule has 0 atom stereocenters. The van der Waals surface area contributed by atoms with Gasteiger partial charge in [-0.05, 0) is 27.8 Å². The van der Waals surface area contributed by atoms with Gasteiger partial charge in [-0.15, -0.1) is 0 Å². The molecule has 0 amide bonds. The molecule has 2 N–H and O–H groups in total. The highest BCUT2D eigenvalue weighted by Crippen LogP contribution is 2.28. The second-order valence-corrected chi connectivity index (χ2v) is 5.22. The number of nitrogens with zero attached hydrogens (tertiary/aromatic N) is 1. The first kappa shape index (κ1) is 11.0. The monoisotopic (exact) mass is 186 g/mol. The maximum Gasteiger partial charge on any atom is 0.0569 e. The van der Waals surface area contributed by atoms with E-state index in [1.165, 1.54) is 0 Å². The molecule has 0 spiro atoms. The van der Waals surface area contributed by atoms with Crippen LogP contribution in [0, 0.1) is 5.41 Å². The Morgan fingerprint density at radius 3 is 2.15 bits per heavy atom. The summed E-state index contributed by atoms with van der Waals surface area (Å²) < 4.78 is 5.24. The lowest BCUT2D eigenvalue weighted by Crippen LogP contribution is -2.57. The molecular formula is C10H22N2O. The molecular weight excluding hydrogens is 164 g/mol. The first-order chi connectivity index (χ1) is 5.90. The second-order valence-electron chi connectivity index (χ2n) is 5.22. The van der Waals surface area contributed by atoms with Crippen molar-refractivity contribution in [2.45, 2.75) is 26.3 Å². The van der Waals surface area contributed by atoms with Crippen molar-refractivity contribution in [3.8, 4) is 0 Å². The van der Waals surface area contributed by atoms with Crippen LogP contribution in [0.3, 0.4) is 0 Å². The molecule has 1 rings (SSSR count). The van der Waals surface area contributed by atoms with Crippen LogP contribution in [0.15, 0.2) is 0 Å². The molecule has 0 bridgehead atoms. The van der Waals surface area contributed by atoms with Gasteiger partial charge in [0.1, 0.15) is 0 Å². The van der Waals surface area contributed by atoms with E-state index in [1.54, 1.807) is 0 Å². The maximum atomic E-state index is 5.75. The summed E-state index contributed by atoms with van der Waals surface area (Å²) in [6, 6.07) is 0. The van der Waals surface area contributed by atoms with Gasteiger partial charge < -0.3 is 15.4 Å². The lowest BCUT2D eigenvalue weighted by atomic mass is 9.84. The van der Waals surface area contributed by atoms with Crippen LogP contribution in [0.4, 0.5) is 0 Å². The lowest BCUT2D eigenvalue weighted by molar-refractivity contribution is -0.125. The van der Waals surface area contributed by atoms with Crippen molar-refractivity contribution in [3.05, 3.63) is 0 Å². The normalized spacial score (nSPS) is 21.7. The van der Waals surface area contributed by atoms with Crippen LogP contribution >= 0.6 is 0 Å². The fourth-order valence-electron chi connectivity index (χ4n) is 1.40. The highest BCUT2D eigenvalue weighted by Gasteiger charge is 2.39. The Hall–Kier alpha value is -0.120. The summed E-state index contributed by atoms with van der Waals surface area (Å²) in [5.74, 6) is 0. The molecule has 0 aromatic rings. The van der Waals surface area contributed by atoms with Gasteiger partial charge in [-0.1, -0.05) is 0 Å². The third-order valence-electron chi connectivity index (χ3n) is 2.97. The van der Waals surface area contributed by atoms with Gasteiger partial charge in [0.15, 0.2) is 0 Å². The Bertz CT molecular complexity index is 165. The minimum atomic E-state index is 0.220. The summed E-state index contributed by atoms with van der Waals surface area (Å²) in [7, 11) is 2.15. The Morgan fingerprint density at radius 1 is 1.38 bits per heavy atom. The van der Waals surface area contributed by atoms with Crippen LogP contribution in [-0.4, -0.2) is 43.8 Å². The highest BCUT2D eigenvalue weighted by atomic mass is 16.5. The van der Waals surface area contributed by atoms with Crippen molar-refractivity contribution < 1.29 is 4.74 Å². The number of nitrogens with two attached hydrogens (primary N) is 1. The molecule has 1 aliphatic heterocycles. The molecule has 0 aliphatic carbocycles. The number of ether oxygens (including phenoxy) is 1. The first-order valence-corrected chi connectivity index (χ1v) is 4.89. The molecule has 1 aliphatic rings. The predicted molar refractivity (Wildman–Crippen MR) is 54.7 cm³/mol. The molecule has 3 nitrogen and oxygen atoms in total. The molecule has 0 saturated carbocycles. The standard InChI is InChI=1S/C10H22N2O/c1-9(2,3)12(4)6-10(5-11)7-13-8-10/h5-8,11H2,1-4H3. The third kappa shape index (κ3) is 2.42. The second kappa shape index (κ2) is 3.56. The van der Waals surface area contributed by atoms with Crippen molar-refractivity contribution in [3.63, 3.8) is 0 Å². The minimum absolute atomic E-state index is 0.220. The fourth-order valence-corrected chi connectivity index (χ4v) is 1.40. The quantitative estimate of drug-likeness (QED) is 0.705. The Labute approximate surface area is 81.2 Å². The van der Waals surface area contributed by atoms with E-state index in [0.717, 1.165) is 26.3 Å². The summed E-state index contributed by atoms with van der Waals surface area (Å²) in [5, 5.41) is 0. The maximum absolute atomic E-state index is 5.75. The van der Waals surface area contributed by atoms with Crippen molar-refractivity contribution in [1.29, 1.82) is 0 Å². The lowest BCUT2D eigenvalue weighted by Gasteiger charge is -2.46. The molecule has 3 heteroatoms. The van der Waals surface area contributed by atoms with E-state index in [2.05, 4.69) is 32.7 Å². The van der Waals surface area contributed by atoms with Crippen LogP contribution in [0.2, 0.25) is 0 Å². The highest BCUT2D eigenvalue weighted by molar-refractivity contribution is 4.91. The van der Waals surface area contributed by atoms with E-state index in [0.29, 0.717) is 0 Å². The largest absolute Gasteiger partial charge is 0.380 e. The van der Waals surface area contributed by atoms with E-state index in [9.17, 15) is 0 Å². The van der Waals surface area contributed by atoms with Crippen molar-refractivity contribution in [2.75, 3.05) is 33.4 Å². The average molecular weight is 186 g/mol. The molecule has 0 aromatic heterocycles. The van der Waals surface area contributed by atoms with Crippen LogP contribution in [0.1, 0.15) is 20.8 Å².